The summed E-state index contributed by atoms with van der Waals surface area (Å²) in [7, 11) is 0. The number of aliphatic hydroxyl groups is 1. The molecule has 0 radical (unpaired) electrons. The molecule has 0 saturated carbocycles. The van der Waals surface area contributed by atoms with Crippen LogP contribution >= 0.6 is 23.2 Å². The van der Waals surface area contributed by atoms with Crippen LogP contribution in [0.5, 0.6) is 5.75 Å². The third-order valence-electron chi connectivity index (χ3n) is 4.19. The van der Waals surface area contributed by atoms with E-state index in [0.717, 1.165) is 27.8 Å². The molecule has 4 heteroatoms. The summed E-state index contributed by atoms with van der Waals surface area (Å²) in [6, 6.07) is 18.7. The van der Waals surface area contributed by atoms with E-state index in [4.69, 9.17) is 23.2 Å². The predicted octanol–water partition coefficient (Wildman–Crippen LogP) is 5.37. The van der Waals surface area contributed by atoms with Gasteiger partial charge < -0.3 is 10.2 Å². The largest absolute Gasteiger partial charge is 0.507 e. The highest BCUT2D eigenvalue weighted by atomic mass is 35.5. The Morgan fingerprint density at radius 1 is 0.680 bits per heavy atom. The highest BCUT2D eigenvalue weighted by Crippen LogP contribution is 2.31. The third kappa shape index (κ3) is 4.16. The van der Waals surface area contributed by atoms with Crippen LogP contribution in [0.3, 0.4) is 0 Å². The molecule has 0 spiro atoms. The minimum atomic E-state index is -0.0919. The Balaban J connectivity index is 1.99. The van der Waals surface area contributed by atoms with Gasteiger partial charge in [0.25, 0.3) is 0 Å². The third-order valence-corrected chi connectivity index (χ3v) is 4.93. The maximum Gasteiger partial charge on any atom is 0.122 e. The molecule has 0 heterocycles. The average molecular weight is 373 g/mol. The van der Waals surface area contributed by atoms with Crippen molar-refractivity contribution >= 4 is 23.2 Å². The molecular weight excluding hydrogens is 355 g/mol. The number of halogens is 2. The van der Waals surface area contributed by atoms with Crippen LogP contribution in [-0.4, -0.2) is 10.2 Å². The van der Waals surface area contributed by atoms with Gasteiger partial charge in [-0.25, -0.2) is 0 Å². The summed E-state index contributed by atoms with van der Waals surface area (Å²) < 4.78 is 0. The van der Waals surface area contributed by atoms with Crippen molar-refractivity contribution in [2.24, 2.45) is 0 Å². The van der Waals surface area contributed by atoms with E-state index in [0.29, 0.717) is 22.9 Å². The summed E-state index contributed by atoms with van der Waals surface area (Å²) in [5.74, 6) is 0.219. The van der Waals surface area contributed by atoms with Crippen molar-refractivity contribution in [3.8, 4) is 5.75 Å². The molecule has 128 valence electrons. The highest BCUT2D eigenvalue weighted by molar-refractivity contribution is 6.31. The first-order valence-electron chi connectivity index (χ1n) is 7.99. The van der Waals surface area contributed by atoms with Crippen LogP contribution in [0.25, 0.3) is 0 Å². The van der Waals surface area contributed by atoms with Gasteiger partial charge in [-0.15, -0.1) is 0 Å². The fourth-order valence-corrected chi connectivity index (χ4v) is 3.29. The Morgan fingerprint density at radius 3 is 1.52 bits per heavy atom. The Kier molecular flexibility index (Phi) is 5.64. The first kappa shape index (κ1) is 17.8. The molecular formula is C21H18Cl2O2. The average Bonchev–Trinajstić information content (AvgIpc) is 2.62. The van der Waals surface area contributed by atoms with Gasteiger partial charge >= 0.3 is 0 Å². The standard InChI is InChI=1S/C21H18Cl2O2/c22-19-7-3-1-5-15(19)11-17-9-14(13-24)10-18(21(17)25)12-16-6-2-4-8-20(16)23/h1-10,24-25H,11-13H2. The Morgan fingerprint density at radius 2 is 1.12 bits per heavy atom. The minimum absolute atomic E-state index is 0.0919. The Hall–Kier alpha value is -2.00. The predicted molar refractivity (Wildman–Crippen MR) is 103 cm³/mol. The second kappa shape index (κ2) is 7.92. The van der Waals surface area contributed by atoms with Crippen molar-refractivity contribution in [3.63, 3.8) is 0 Å². The van der Waals surface area contributed by atoms with E-state index in [1.54, 1.807) is 0 Å². The van der Waals surface area contributed by atoms with Gasteiger partial charge in [0.15, 0.2) is 0 Å². The van der Waals surface area contributed by atoms with Crippen molar-refractivity contribution in [1.82, 2.24) is 0 Å². The fraction of sp³-hybridized carbons (Fsp3) is 0.143. The number of hydrogen-bond acceptors (Lipinski definition) is 2. The van der Waals surface area contributed by atoms with Crippen LogP contribution in [0.2, 0.25) is 10.0 Å². The van der Waals surface area contributed by atoms with Crippen molar-refractivity contribution < 1.29 is 10.2 Å². The van der Waals surface area contributed by atoms with Crippen molar-refractivity contribution in [2.75, 3.05) is 0 Å². The molecule has 0 bridgehead atoms. The van der Waals surface area contributed by atoms with Crippen LogP contribution in [-0.2, 0) is 19.4 Å². The smallest absolute Gasteiger partial charge is 0.122 e. The van der Waals surface area contributed by atoms with Crippen LogP contribution in [0.4, 0.5) is 0 Å². The van der Waals surface area contributed by atoms with Crippen molar-refractivity contribution in [1.29, 1.82) is 0 Å². The summed E-state index contributed by atoms with van der Waals surface area (Å²) in [4.78, 5) is 0. The zero-order valence-corrected chi connectivity index (χ0v) is 15.1. The van der Waals surface area contributed by atoms with E-state index in [1.165, 1.54) is 0 Å². The molecule has 3 aromatic carbocycles. The van der Waals surface area contributed by atoms with Gasteiger partial charge in [-0.3, -0.25) is 0 Å². The fourth-order valence-electron chi connectivity index (χ4n) is 2.89. The molecule has 0 aliphatic carbocycles. The molecule has 3 aromatic rings. The van der Waals surface area contributed by atoms with Crippen LogP contribution in [0.15, 0.2) is 60.7 Å². The van der Waals surface area contributed by atoms with E-state index in [1.807, 2.05) is 60.7 Å². The second-order valence-electron chi connectivity index (χ2n) is 5.96. The molecule has 0 saturated heterocycles. The highest BCUT2D eigenvalue weighted by Gasteiger charge is 2.13. The van der Waals surface area contributed by atoms with Gasteiger partial charge in [-0.1, -0.05) is 59.6 Å². The van der Waals surface area contributed by atoms with Gasteiger partial charge in [0.05, 0.1) is 6.61 Å². The lowest BCUT2D eigenvalue weighted by Crippen LogP contribution is -1.99. The number of aliphatic hydroxyl groups excluding tert-OH is 1. The monoisotopic (exact) mass is 372 g/mol. The van der Waals surface area contributed by atoms with E-state index >= 15 is 0 Å². The maximum absolute atomic E-state index is 10.7. The summed E-state index contributed by atoms with van der Waals surface area (Å²) >= 11 is 12.5. The molecule has 0 aliphatic rings. The lowest BCUT2D eigenvalue weighted by molar-refractivity contribution is 0.281. The normalized spacial score (nSPS) is 10.8. The van der Waals surface area contributed by atoms with E-state index in [9.17, 15) is 10.2 Å². The Labute approximate surface area is 157 Å². The first-order valence-corrected chi connectivity index (χ1v) is 8.75. The van der Waals surface area contributed by atoms with Crippen molar-refractivity contribution in [3.05, 3.63) is 98.5 Å². The van der Waals surface area contributed by atoms with Gasteiger partial charge in [0, 0.05) is 22.9 Å². The van der Waals surface area contributed by atoms with Crippen LogP contribution in [0, 0.1) is 0 Å². The molecule has 0 amide bonds. The van der Waals surface area contributed by atoms with Gasteiger partial charge in [-0.2, -0.15) is 0 Å². The van der Waals surface area contributed by atoms with Gasteiger partial charge in [0.2, 0.25) is 0 Å². The van der Waals surface area contributed by atoms with E-state index in [2.05, 4.69) is 0 Å². The zero-order valence-electron chi connectivity index (χ0n) is 13.5. The number of benzene rings is 3. The molecule has 0 unspecified atom stereocenters. The number of hydrogen-bond donors (Lipinski definition) is 2. The number of phenols is 1. The lowest BCUT2D eigenvalue weighted by Gasteiger charge is -2.14. The lowest BCUT2D eigenvalue weighted by atomic mass is 9.95. The number of aromatic hydroxyl groups is 1. The number of rotatable bonds is 5. The number of phenolic OH excluding ortho intramolecular Hbond substituents is 1. The first-order chi connectivity index (χ1) is 12.1. The van der Waals surface area contributed by atoms with E-state index < -0.39 is 0 Å². The second-order valence-corrected chi connectivity index (χ2v) is 6.77. The summed E-state index contributed by atoms with van der Waals surface area (Å²) in [5.41, 5.74) is 4.09. The summed E-state index contributed by atoms with van der Waals surface area (Å²) in [6.45, 7) is -0.0919. The molecule has 2 N–H and O–H groups in total. The molecule has 0 fully saturated rings. The van der Waals surface area contributed by atoms with Crippen LogP contribution in [0.1, 0.15) is 27.8 Å². The topological polar surface area (TPSA) is 40.5 Å². The van der Waals surface area contributed by atoms with Crippen LogP contribution < -0.4 is 0 Å². The SMILES string of the molecule is OCc1cc(Cc2ccccc2Cl)c(O)c(Cc2ccccc2Cl)c1. The Bertz CT molecular complexity index is 822. The molecule has 0 atom stereocenters. The summed E-state index contributed by atoms with van der Waals surface area (Å²) in [5, 5.41) is 21.6. The minimum Gasteiger partial charge on any atom is -0.507 e. The molecule has 0 aromatic heterocycles. The molecule has 25 heavy (non-hydrogen) atoms. The van der Waals surface area contributed by atoms with Crippen molar-refractivity contribution in [2.45, 2.75) is 19.4 Å². The zero-order chi connectivity index (χ0) is 17.8. The van der Waals surface area contributed by atoms with Gasteiger partial charge in [0.1, 0.15) is 5.75 Å². The summed E-state index contributed by atoms with van der Waals surface area (Å²) in [6.07, 6.45) is 0.990. The van der Waals surface area contributed by atoms with Gasteiger partial charge in [-0.05, 0) is 52.1 Å². The molecule has 2 nitrogen and oxygen atoms in total. The maximum atomic E-state index is 10.7. The quantitative estimate of drug-likeness (QED) is 0.631. The molecule has 3 rings (SSSR count). The van der Waals surface area contributed by atoms with E-state index in [-0.39, 0.29) is 12.4 Å². The molecule has 0 aliphatic heterocycles.